The lowest BCUT2D eigenvalue weighted by atomic mass is 9.71. The average Bonchev–Trinajstić information content (AvgIpc) is 2.02. The SMILES string of the molecule is CCC(C)OC(=O)C1CCC1(C)O. The van der Waals surface area contributed by atoms with Crippen molar-refractivity contribution in [1.29, 1.82) is 0 Å². The van der Waals surface area contributed by atoms with Gasteiger partial charge in [0.2, 0.25) is 0 Å². The molecule has 1 N–H and O–H groups in total. The minimum absolute atomic E-state index is 0.0381. The Bertz CT molecular complexity index is 198. The Hall–Kier alpha value is -0.570. The van der Waals surface area contributed by atoms with Crippen molar-refractivity contribution in [2.24, 2.45) is 5.92 Å². The zero-order chi connectivity index (χ0) is 10.1. The number of aliphatic hydroxyl groups is 1. The van der Waals surface area contributed by atoms with Gasteiger partial charge in [0.05, 0.1) is 17.6 Å². The fourth-order valence-corrected chi connectivity index (χ4v) is 1.44. The molecule has 3 atom stereocenters. The Labute approximate surface area is 79.1 Å². The highest BCUT2D eigenvalue weighted by Gasteiger charge is 2.46. The molecular weight excluding hydrogens is 168 g/mol. The van der Waals surface area contributed by atoms with Crippen molar-refractivity contribution < 1.29 is 14.6 Å². The summed E-state index contributed by atoms with van der Waals surface area (Å²) in [6.07, 6.45) is 2.24. The molecule has 1 aliphatic rings. The molecule has 3 nitrogen and oxygen atoms in total. The monoisotopic (exact) mass is 186 g/mol. The molecule has 0 aromatic carbocycles. The van der Waals surface area contributed by atoms with E-state index >= 15 is 0 Å². The van der Waals surface area contributed by atoms with Gasteiger partial charge in [-0.1, -0.05) is 6.92 Å². The number of rotatable bonds is 3. The summed E-state index contributed by atoms with van der Waals surface area (Å²) in [6, 6.07) is 0. The first-order valence-corrected chi connectivity index (χ1v) is 4.90. The maximum absolute atomic E-state index is 11.4. The molecule has 3 heteroatoms. The number of carbonyl (C=O) groups excluding carboxylic acids is 1. The van der Waals surface area contributed by atoms with Gasteiger partial charge in [-0.2, -0.15) is 0 Å². The molecule has 0 aromatic rings. The number of esters is 1. The van der Waals surface area contributed by atoms with Crippen molar-refractivity contribution in [2.75, 3.05) is 0 Å². The third-order valence-corrected chi connectivity index (χ3v) is 2.87. The molecule has 76 valence electrons. The van der Waals surface area contributed by atoms with Crippen LogP contribution in [0.5, 0.6) is 0 Å². The van der Waals surface area contributed by atoms with Crippen LogP contribution in [0.3, 0.4) is 0 Å². The van der Waals surface area contributed by atoms with Gasteiger partial charge in [-0.3, -0.25) is 4.79 Å². The van der Waals surface area contributed by atoms with E-state index in [0.29, 0.717) is 6.42 Å². The van der Waals surface area contributed by atoms with E-state index in [1.165, 1.54) is 0 Å². The topological polar surface area (TPSA) is 46.5 Å². The van der Waals surface area contributed by atoms with E-state index in [-0.39, 0.29) is 18.0 Å². The minimum atomic E-state index is -0.829. The van der Waals surface area contributed by atoms with Gasteiger partial charge in [0.1, 0.15) is 0 Å². The normalized spacial score (nSPS) is 34.9. The van der Waals surface area contributed by atoms with Gasteiger partial charge in [0.25, 0.3) is 0 Å². The van der Waals surface area contributed by atoms with E-state index in [0.717, 1.165) is 12.8 Å². The van der Waals surface area contributed by atoms with Crippen LogP contribution < -0.4 is 0 Å². The zero-order valence-corrected chi connectivity index (χ0v) is 8.54. The summed E-state index contributed by atoms with van der Waals surface area (Å²) in [7, 11) is 0. The second-order valence-electron chi connectivity index (χ2n) is 4.10. The van der Waals surface area contributed by atoms with E-state index in [2.05, 4.69) is 0 Å². The fourth-order valence-electron chi connectivity index (χ4n) is 1.44. The second-order valence-corrected chi connectivity index (χ2v) is 4.10. The van der Waals surface area contributed by atoms with E-state index in [1.54, 1.807) is 6.92 Å². The van der Waals surface area contributed by atoms with Crippen LogP contribution >= 0.6 is 0 Å². The van der Waals surface area contributed by atoms with E-state index in [4.69, 9.17) is 4.74 Å². The lowest BCUT2D eigenvalue weighted by Crippen LogP contribution is -2.49. The first kappa shape index (κ1) is 10.5. The van der Waals surface area contributed by atoms with Crippen LogP contribution in [-0.2, 0) is 9.53 Å². The molecule has 0 aliphatic heterocycles. The van der Waals surface area contributed by atoms with Gasteiger partial charge in [-0.05, 0) is 33.1 Å². The molecule has 13 heavy (non-hydrogen) atoms. The first-order valence-electron chi connectivity index (χ1n) is 4.90. The van der Waals surface area contributed by atoms with E-state index in [9.17, 15) is 9.90 Å². The van der Waals surface area contributed by atoms with E-state index < -0.39 is 5.60 Å². The van der Waals surface area contributed by atoms with Crippen LogP contribution in [0.4, 0.5) is 0 Å². The van der Waals surface area contributed by atoms with Crippen molar-refractivity contribution in [1.82, 2.24) is 0 Å². The Kier molecular flexibility index (Phi) is 2.96. The fraction of sp³-hybridized carbons (Fsp3) is 0.900. The van der Waals surface area contributed by atoms with Gasteiger partial charge >= 0.3 is 5.97 Å². The highest BCUT2D eigenvalue weighted by Crippen LogP contribution is 2.38. The van der Waals surface area contributed by atoms with Crippen molar-refractivity contribution >= 4 is 5.97 Å². The molecule has 1 fully saturated rings. The molecule has 0 amide bonds. The molecular formula is C10H18O3. The molecule has 0 radical (unpaired) electrons. The Morgan fingerprint density at radius 3 is 2.69 bits per heavy atom. The van der Waals surface area contributed by atoms with Gasteiger partial charge < -0.3 is 9.84 Å². The van der Waals surface area contributed by atoms with Crippen LogP contribution in [0.2, 0.25) is 0 Å². The molecule has 0 spiro atoms. The average molecular weight is 186 g/mol. The van der Waals surface area contributed by atoms with Crippen molar-refractivity contribution in [2.45, 2.75) is 51.7 Å². The summed E-state index contributed by atoms with van der Waals surface area (Å²) in [5.41, 5.74) is -0.829. The van der Waals surface area contributed by atoms with Crippen LogP contribution in [0.1, 0.15) is 40.0 Å². The highest BCUT2D eigenvalue weighted by atomic mass is 16.5. The molecule has 1 aliphatic carbocycles. The van der Waals surface area contributed by atoms with Gasteiger partial charge in [0.15, 0.2) is 0 Å². The lowest BCUT2D eigenvalue weighted by Gasteiger charge is -2.40. The quantitative estimate of drug-likeness (QED) is 0.679. The molecule has 3 unspecified atom stereocenters. The Morgan fingerprint density at radius 1 is 1.77 bits per heavy atom. The number of ether oxygens (including phenoxy) is 1. The predicted octanol–water partition coefficient (Wildman–Crippen LogP) is 1.49. The number of hydrogen-bond acceptors (Lipinski definition) is 3. The molecule has 1 saturated carbocycles. The Balaban J connectivity index is 2.41. The summed E-state index contributed by atoms with van der Waals surface area (Å²) in [5.74, 6) is -0.549. The summed E-state index contributed by atoms with van der Waals surface area (Å²) >= 11 is 0. The second kappa shape index (κ2) is 3.66. The first-order chi connectivity index (χ1) is 5.97. The molecule has 0 bridgehead atoms. The lowest BCUT2D eigenvalue weighted by molar-refractivity contribution is -0.174. The number of carbonyl (C=O) groups is 1. The largest absolute Gasteiger partial charge is 0.462 e. The Morgan fingerprint density at radius 2 is 2.38 bits per heavy atom. The molecule has 0 aromatic heterocycles. The van der Waals surface area contributed by atoms with E-state index in [1.807, 2.05) is 13.8 Å². The maximum atomic E-state index is 11.4. The van der Waals surface area contributed by atoms with Gasteiger partial charge in [-0.25, -0.2) is 0 Å². The minimum Gasteiger partial charge on any atom is -0.462 e. The summed E-state index contributed by atoms with van der Waals surface area (Å²) in [4.78, 5) is 11.4. The number of hydrogen-bond donors (Lipinski definition) is 1. The van der Waals surface area contributed by atoms with Gasteiger partial charge in [-0.15, -0.1) is 0 Å². The molecule has 0 saturated heterocycles. The summed E-state index contributed by atoms with van der Waals surface area (Å²) in [5, 5.41) is 9.63. The van der Waals surface area contributed by atoms with Gasteiger partial charge in [0, 0.05) is 0 Å². The molecule has 0 heterocycles. The van der Waals surface area contributed by atoms with Crippen molar-refractivity contribution in [3.63, 3.8) is 0 Å². The standard InChI is InChI=1S/C10H18O3/c1-4-7(2)13-9(11)8-5-6-10(8,3)12/h7-8,12H,4-6H2,1-3H3. The molecule has 1 rings (SSSR count). The third-order valence-electron chi connectivity index (χ3n) is 2.87. The predicted molar refractivity (Wildman–Crippen MR) is 49.2 cm³/mol. The smallest absolute Gasteiger partial charge is 0.312 e. The summed E-state index contributed by atoms with van der Waals surface area (Å²) < 4.78 is 5.14. The van der Waals surface area contributed by atoms with Crippen molar-refractivity contribution in [3.8, 4) is 0 Å². The van der Waals surface area contributed by atoms with Crippen molar-refractivity contribution in [3.05, 3.63) is 0 Å². The van der Waals surface area contributed by atoms with Crippen LogP contribution in [0.25, 0.3) is 0 Å². The van der Waals surface area contributed by atoms with Crippen LogP contribution in [0.15, 0.2) is 0 Å². The zero-order valence-electron chi connectivity index (χ0n) is 8.54. The highest BCUT2D eigenvalue weighted by molar-refractivity contribution is 5.75. The van der Waals surface area contributed by atoms with Crippen LogP contribution in [-0.4, -0.2) is 22.8 Å². The van der Waals surface area contributed by atoms with Crippen LogP contribution in [0, 0.1) is 5.92 Å². The third kappa shape index (κ3) is 2.21. The maximum Gasteiger partial charge on any atom is 0.312 e. The summed E-state index contributed by atoms with van der Waals surface area (Å²) in [6.45, 7) is 5.53.